The zero-order valence-corrected chi connectivity index (χ0v) is 37.8. The highest BCUT2D eigenvalue weighted by molar-refractivity contribution is 5.97. The monoisotopic (exact) mass is 807 g/mol. The molecule has 0 aromatic heterocycles. The Hall–Kier alpha value is -5.66. The fourth-order valence-electron chi connectivity index (χ4n) is 12.3. The number of benzene rings is 7. The summed E-state index contributed by atoms with van der Waals surface area (Å²) in [6.07, 6.45) is 12.1. The molecule has 0 unspecified atom stereocenters. The summed E-state index contributed by atoms with van der Waals surface area (Å²) in [4.78, 5) is 2.72. The molecular weight excluding hydrogens is 747 g/mol. The van der Waals surface area contributed by atoms with E-state index in [9.17, 15) is 0 Å². The molecule has 1 nitrogen and oxygen atoms in total. The van der Waals surface area contributed by atoms with Crippen LogP contribution in [0, 0.1) is 13.8 Å². The van der Waals surface area contributed by atoms with E-state index in [0.29, 0.717) is 0 Å². The summed E-state index contributed by atoms with van der Waals surface area (Å²) in [6.45, 7) is 14.6. The van der Waals surface area contributed by atoms with Crippen LogP contribution in [0.5, 0.6) is 0 Å². The largest absolute Gasteiger partial charge is 0.309 e. The molecule has 4 aliphatic rings. The van der Waals surface area contributed by atoms with Crippen LogP contribution in [-0.4, -0.2) is 0 Å². The molecule has 1 heteroatoms. The highest BCUT2D eigenvalue weighted by atomic mass is 15.2. The fraction of sp³-hybridized carbons (Fsp3) is 0.311. The zero-order chi connectivity index (χ0) is 42.4. The van der Waals surface area contributed by atoms with E-state index in [0.717, 1.165) is 12.8 Å². The molecule has 0 spiro atoms. The Morgan fingerprint density at radius 3 is 1.45 bits per heavy atom. The topological polar surface area (TPSA) is 3.24 Å². The lowest BCUT2D eigenvalue weighted by molar-refractivity contribution is 0.332. The molecule has 0 N–H and O–H groups in total. The Labute approximate surface area is 370 Å². The van der Waals surface area contributed by atoms with Gasteiger partial charge in [0.1, 0.15) is 0 Å². The summed E-state index contributed by atoms with van der Waals surface area (Å²) in [5, 5.41) is 0. The zero-order valence-electron chi connectivity index (χ0n) is 37.8. The molecule has 0 amide bonds. The maximum Gasteiger partial charge on any atom is 0.0714 e. The van der Waals surface area contributed by atoms with Crippen molar-refractivity contribution in [1.29, 1.82) is 0 Å². The number of fused-ring (bicyclic) bond motifs is 6. The van der Waals surface area contributed by atoms with Crippen molar-refractivity contribution in [3.63, 3.8) is 0 Å². The summed E-state index contributed by atoms with van der Waals surface area (Å²) in [6, 6.07) is 55.0. The average Bonchev–Trinajstić information content (AvgIpc) is 3.58. The number of aryl methyl sites for hydroxylation is 6. The van der Waals surface area contributed by atoms with E-state index in [1.54, 1.807) is 0 Å². The maximum atomic E-state index is 2.72. The molecule has 0 fully saturated rings. The van der Waals surface area contributed by atoms with Crippen molar-refractivity contribution in [1.82, 2.24) is 0 Å². The lowest BCUT2D eigenvalue weighted by Gasteiger charge is -2.42. The first-order valence-corrected chi connectivity index (χ1v) is 23.6. The normalized spacial score (nSPS) is 17.6. The van der Waals surface area contributed by atoms with Crippen molar-refractivity contribution in [2.75, 3.05) is 4.90 Å². The fourth-order valence-corrected chi connectivity index (χ4v) is 12.3. The van der Waals surface area contributed by atoms with Crippen molar-refractivity contribution in [2.24, 2.45) is 0 Å². The first kappa shape index (κ1) is 39.2. The predicted molar refractivity (Wildman–Crippen MR) is 262 cm³/mol. The first-order valence-electron chi connectivity index (χ1n) is 23.6. The van der Waals surface area contributed by atoms with Gasteiger partial charge in [0.2, 0.25) is 0 Å². The van der Waals surface area contributed by atoms with Crippen LogP contribution in [0.1, 0.15) is 133 Å². The summed E-state index contributed by atoms with van der Waals surface area (Å²) in [5.41, 5.74) is 26.0. The Morgan fingerprint density at radius 1 is 0.387 bits per heavy atom. The molecule has 0 bridgehead atoms. The van der Waals surface area contributed by atoms with Crippen molar-refractivity contribution in [2.45, 2.75) is 122 Å². The Kier molecular flexibility index (Phi) is 9.31. The van der Waals surface area contributed by atoms with Crippen molar-refractivity contribution < 1.29 is 0 Å². The molecular formula is C61H61N. The van der Waals surface area contributed by atoms with Crippen molar-refractivity contribution in [3.05, 3.63) is 206 Å². The highest BCUT2D eigenvalue weighted by Crippen LogP contribution is 2.60. The second-order valence-electron chi connectivity index (χ2n) is 20.5. The highest BCUT2D eigenvalue weighted by Gasteiger charge is 2.47. The van der Waals surface area contributed by atoms with Crippen LogP contribution in [0.15, 0.2) is 140 Å². The molecule has 7 aromatic carbocycles. The van der Waals surface area contributed by atoms with Gasteiger partial charge >= 0.3 is 0 Å². The third-order valence-corrected chi connectivity index (χ3v) is 15.8. The van der Waals surface area contributed by atoms with Crippen LogP contribution in [0.2, 0.25) is 0 Å². The van der Waals surface area contributed by atoms with Crippen molar-refractivity contribution in [3.8, 4) is 22.3 Å². The molecule has 0 atom stereocenters. The van der Waals surface area contributed by atoms with Gasteiger partial charge in [-0.1, -0.05) is 143 Å². The molecule has 0 radical (unpaired) electrons. The molecule has 0 saturated carbocycles. The van der Waals surface area contributed by atoms with E-state index in [2.05, 4.69) is 186 Å². The van der Waals surface area contributed by atoms with E-state index < -0.39 is 5.41 Å². The van der Waals surface area contributed by atoms with Crippen LogP contribution >= 0.6 is 0 Å². The van der Waals surface area contributed by atoms with Crippen LogP contribution in [0.4, 0.5) is 17.1 Å². The lowest BCUT2D eigenvalue weighted by Crippen LogP contribution is -2.33. The second kappa shape index (κ2) is 14.7. The van der Waals surface area contributed by atoms with Gasteiger partial charge in [0.05, 0.1) is 11.1 Å². The van der Waals surface area contributed by atoms with Gasteiger partial charge in [-0.25, -0.2) is 0 Å². The number of hydrogen-bond donors (Lipinski definition) is 0. The Bertz CT molecular complexity index is 2770. The van der Waals surface area contributed by atoms with Gasteiger partial charge in [0, 0.05) is 16.9 Å². The summed E-state index contributed by atoms with van der Waals surface area (Å²) >= 11 is 0. The van der Waals surface area contributed by atoms with E-state index in [1.807, 2.05) is 0 Å². The van der Waals surface area contributed by atoms with Gasteiger partial charge in [-0.05, 0) is 197 Å². The van der Waals surface area contributed by atoms with Crippen LogP contribution < -0.4 is 4.90 Å². The van der Waals surface area contributed by atoms with E-state index >= 15 is 0 Å². The third kappa shape index (κ3) is 6.09. The second-order valence-corrected chi connectivity index (χ2v) is 20.5. The van der Waals surface area contributed by atoms with E-state index in [4.69, 9.17) is 0 Å². The van der Waals surface area contributed by atoms with Crippen LogP contribution in [0.25, 0.3) is 22.3 Å². The van der Waals surface area contributed by atoms with Crippen LogP contribution in [-0.2, 0) is 41.9 Å². The third-order valence-electron chi connectivity index (χ3n) is 15.8. The van der Waals surface area contributed by atoms with Gasteiger partial charge in [0.15, 0.2) is 0 Å². The Morgan fingerprint density at radius 2 is 0.887 bits per heavy atom. The number of rotatable bonds is 6. The van der Waals surface area contributed by atoms with Gasteiger partial charge in [-0.3, -0.25) is 0 Å². The summed E-state index contributed by atoms with van der Waals surface area (Å²) in [5.74, 6) is 0. The molecule has 11 rings (SSSR count). The Balaban J connectivity index is 1.29. The summed E-state index contributed by atoms with van der Waals surface area (Å²) in [7, 11) is 0. The number of anilines is 3. The first-order chi connectivity index (χ1) is 30.0. The van der Waals surface area contributed by atoms with Gasteiger partial charge in [0.25, 0.3) is 0 Å². The number of hydrogen-bond acceptors (Lipinski definition) is 1. The van der Waals surface area contributed by atoms with Gasteiger partial charge in [-0.15, -0.1) is 0 Å². The standard InChI is InChI=1S/C61H61N/c1-40-33-42-19-13-15-21-44(42)36-56(40)62(57-37-45-22-16-14-20-43(45)34-41(57)2)58-39-54-51(38-50(58)46-29-30-53-55(35-46)60(5,6)32-31-59(53,3)4)49-27-17-18-28-52(49)61(54,47-23-9-7-10-24-47)48-25-11-8-12-26-48/h7-12,17-18,23-30,33-39H,13-16,19-22,31-32H2,1-6H3. The molecule has 0 saturated heterocycles. The van der Waals surface area contributed by atoms with Gasteiger partial charge in [-0.2, -0.15) is 0 Å². The average molecular weight is 808 g/mol. The SMILES string of the molecule is Cc1cc2c(cc1N(c1cc3c(cc1C)CCCC3)c1cc3c(cc1-c1ccc4c(c1)C(C)(C)CCC4(C)C)-c1ccccc1C3(c1ccccc1)c1ccccc1)CCCC2. The predicted octanol–water partition coefficient (Wildman–Crippen LogP) is 15.9. The molecule has 4 aliphatic carbocycles. The lowest BCUT2D eigenvalue weighted by atomic mass is 9.63. The molecule has 7 aromatic rings. The van der Waals surface area contributed by atoms with Gasteiger partial charge < -0.3 is 4.90 Å². The molecule has 0 heterocycles. The molecule has 310 valence electrons. The molecule has 62 heavy (non-hydrogen) atoms. The van der Waals surface area contributed by atoms with E-state index in [-0.39, 0.29) is 10.8 Å². The maximum absolute atomic E-state index is 2.72. The van der Waals surface area contributed by atoms with Crippen LogP contribution in [0.3, 0.4) is 0 Å². The smallest absolute Gasteiger partial charge is 0.0714 e. The number of nitrogens with zero attached hydrogens (tertiary/aromatic N) is 1. The summed E-state index contributed by atoms with van der Waals surface area (Å²) < 4.78 is 0. The molecule has 0 aliphatic heterocycles. The minimum Gasteiger partial charge on any atom is -0.309 e. The minimum atomic E-state index is -0.509. The minimum absolute atomic E-state index is 0.0873. The quantitative estimate of drug-likeness (QED) is 0.162. The van der Waals surface area contributed by atoms with Crippen molar-refractivity contribution >= 4 is 17.1 Å². The van der Waals surface area contributed by atoms with E-state index in [1.165, 1.54) is 157 Å².